The summed E-state index contributed by atoms with van der Waals surface area (Å²) in [6.45, 7) is 3.73. The van der Waals surface area contributed by atoms with Crippen molar-refractivity contribution in [2.75, 3.05) is 13.7 Å². The number of aliphatic hydroxyl groups excluding tert-OH is 1. The van der Waals surface area contributed by atoms with Gasteiger partial charge < -0.3 is 15.2 Å². The number of rotatable bonds is 5. The average molecular weight is 227 g/mol. The van der Waals surface area contributed by atoms with Gasteiger partial charge in [0, 0.05) is 23.7 Å². The van der Waals surface area contributed by atoms with Crippen LogP contribution in [0.15, 0.2) is 18.2 Å². The van der Waals surface area contributed by atoms with E-state index >= 15 is 0 Å². The molecule has 1 aromatic rings. The second-order valence-electron chi connectivity index (χ2n) is 3.86. The molecule has 0 aliphatic rings. The molecule has 0 bridgehead atoms. The molecular formula is C12H18FNO2. The lowest BCUT2D eigenvalue weighted by molar-refractivity contribution is 0.242. The standard InChI is InChI=1S/C12H18FNO2/c1-8(7-15)14-9(2)11-5-4-10(16-3)6-12(11)13/h4-6,8-9,14-15H,7H2,1-3H3. The molecule has 0 saturated carbocycles. The Bertz CT molecular complexity index is 344. The van der Waals surface area contributed by atoms with E-state index in [-0.39, 0.29) is 24.5 Å². The molecule has 1 rings (SSSR count). The Kier molecular flexibility index (Phi) is 4.71. The van der Waals surface area contributed by atoms with Crippen molar-refractivity contribution >= 4 is 0 Å². The van der Waals surface area contributed by atoms with Gasteiger partial charge in [0.15, 0.2) is 0 Å². The van der Waals surface area contributed by atoms with Crippen molar-refractivity contribution in [2.45, 2.75) is 25.9 Å². The number of halogens is 1. The monoisotopic (exact) mass is 227 g/mol. The third-order valence-corrected chi connectivity index (χ3v) is 2.48. The van der Waals surface area contributed by atoms with Gasteiger partial charge in [0.1, 0.15) is 11.6 Å². The minimum Gasteiger partial charge on any atom is -0.497 e. The SMILES string of the molecule is COc1ccc(C(C)NC(C)CO)c(F)c1. The van der Waals surface area contributed by atoms with E-state index < -0.39 is 0 Å². The van der Waals surface area contributed by atoms with Gasteiger partial charge in [-0.1, -0.05) is 6.07 Å². The van der Waals surface area contributed by atoms with Gasteiger partial charge in [0.2, 0.25) is 0 Å². The number of benzene rings is 1. The highest BCUT2D eigenvalue weighted by Gasteiger charge is 2.13. The van der Waals surface area contributed by atoms with Crippen LogP contribution in [0.2, 0.25) is 0 Å². The first-order valence-electron chi connectivity index (χ1n) is 5.28. The van der Waals surface area contributed by atoms with Crippen LogP contribution in [0.3, 0.4) is 0 Å². The molecule has 16 heavy (non-hydrogen) atoms. The first-order chi connectivity index (χ1) is 7.58. The highest BCUT2D eigenvalue weighted by molar-refractivity contribution is 5.30. The molecule has 2 atom stereocenters. The van der Waals surface area contributed by atoms with Gasteiger partial charge in [-0.05, 0) is 19.9 Å². The van der Waals surface area contributed by atoms with E-state index in [0.29, 0.717) is 11.3 Å². The minimum absolute atomic E-state index is 0.0299. The van der Waals surface area contributed by atoms with Crippen molar-refractivity contribution in [1.29, 1.82) is 0 Å². The van der Waals surface area contributed by atoms with Crippen LogP contribution in [0.4, 0.5) is 4.39 Å². The summed E-state index contributed by atoms with van der Waals surface area (Å²) in [6.07, 6.45) is 0. The van der Waals surface area contributed by atoms with Crippen LogP contribution in [0.1, 0.15) is 25.5 Å². The summed E-state index contributed by atoms with van der Waals surface area (Å²) >= 11 is 0. The normalized spacial score (nSPS) is 14.6. The van der Waals surface area contributed by atoms with E-state index in [2.05, 4.69) is 5.32 Å². The van der Waals surface area contributed by atoms with Crippen molar-refractivity contribution < 1.29 is 14.2 Å². The van der Waals surface area contributed by atoms with Crippen LogP contribution in [0.5, 0.6) is 5.75 Å². The zero-order chi connectivity index (χ0) is 12.1. The molecule has 0 saturated heterocycles. The molecule has 0 radical (unpaired) electrons. The lowest BCUT2D eigenvalue weighted by atomic mass is 10.1. The Morgan fingerprint density at radius 3 is 2.62 bits per heavy atom. The number of hydrogen-bond donors (Lipinski definition) is 2. The van der Waals surface area contributed by atoms with E-state index in [0.717, 1.165) is 0 Å². The molecular weight excluding hydrogens is 209 g/mol. The second kappa shape index (κ2) is 5.82. The molecule has 2 N–H and O–H groups in total. The van der Waals surface area contributed by atoms with Crippen molar-refractivity contribution in [3.8, 4) is 5.75 Å². The van der Waals surface area contributed by atoms with Gasteiger partial charge in [0.25, 0.3) is 0 Å². The maximum absolute atomic E-state index is 13.7. The highest BCUT2D eigenvalue weighted by Crippen LogP contribution is 2.21. The molecule has 0 aliphatic carbocycles. The fourth-order valence-corrected chi connectivity index (χ4v) is 1.56. The number of hydrogen-bond acceptors (Lipinski definition) is 3. The molecule has 3 nitrogen and oxygen atoms in total. The Morgan fingerprint density at radius 1 is 1.44 bits per heavy atom. The van der Waals surface area contributed by atoms with Crippen molar-refractivity contribution in [2.24, 2.45) is 0 Å². The molecule has 0 amide bonds. The lowest BCUT2D eigenvalue weighted by Gasteiger charge is -2.19. The van der Waals surface area contributed by atoms with Gasteiger partial charge in [-0.2, -0.15) is 0 Å². The van der Waals surface area contributed by atoms with E-state index in [1.807, 2.05) is 13.8 Å². The summed E-state index contributed by atoms with van der Waals surface area (Å²) in [7, 11) is 1.50. The van der Waals surface area contributed by atoms with Gasteiger partial charge in [-0.15, -0.1) is 0 Å². The van der Waals surface area contributed by atoms with E-state index in [1.165, 1.54) is 13.2 Å². The van der Waals surface area contributed by atoms with Gasteiger partial charge in [0.05, 0.1) is 13.7 Å². The van der Waals surface area contributed by atoms with Crippen molar-refractivity contribution in [3.05, 3.63) is 29.6 Å². The molecule has 90 valence electrons. The van der Waals surface area contributed by atoms with Gasteiger partial charge >= 0.3 is 0 Å². The summed E-state index contributed by atoms with van der Waals surface area (Å²) in [6, 6.07) is 4.57. The van der Waals surface area contributed by atoms with E-state index in [9.17, 15) is 4.39 Å². The maximum atomic E-state index is 13.7. The van der Waals surface area contributed by atoms with Crippen LogP contribution >= 0.6 is 0 Å². The number of ether oxygens (including phenoxy) is 1. The molecule has 0 aliphatic heterocycles. The average Bonchev–Trinajstić information content (AvgIpc) is 2.28. The lowest BCUT2D eigenvalue weighted by Crippen LogP contribution is -2.32. The summed E-state index contributed by atoms with van der Waals surface area (Å²) < 4.78 is 18.6. The van der Waals surface area contributed by atoms with Crippen LogP contribution in [-0.4, -0.2) is 24.9 Å². The number of methoxy groups -OCH3 is 1. The van der Waals surface area contributed by atoms with Gasteiger partial charge in [-0.25, -0.2) is 4.39 Å². The molecule has 2 unspecified atom stereocenters. The zero-order valence-corrected chi connectivity index (χ0v) is 9.83. The Morgan fingerprint density at radius 2 is 2.12 bits per heavy atom. The molecule has 0 heterocycles. The first kappa shape index (κ1) is 12.9. The molecule has 0 aromatic heterocycles. The van der Waals surface area contributed by atoms with Crippen LogP contribution in [-0.2, 0) is 0 Å². The Labute approximate surface area is 95.2 Å². The quantitative estimate of drug-likeness (QED) is 0.806. The summed E-state index contributed by atoms with van der Waals surface area (Å²) in [4.78, 5) is 0. The van der Waals surface area contributed by atoms with Gasteiger partial charge in [-0.3, -0.25) is 0 Å². The number of nitrogens with one attached hydrogen (secondary N) is 1. The van der Waals surface area contributed by atoms with Crippen LogP contribution in [0.25, 0.3) is 0 Å². The maximum Gasteiger partial charge on any atom is 0.131 e. The molecule has 0 fully saturated rings. The predicted molar refractivity (Wildman–Crippen MR) is 61.1 cm³/mol. The van der Waals surface area contributed by atoms with Crippen LogP contribution < -0.4 is 10.1 Å². The smallest absolute Gasteiger partial charge is 0.131 e. The summed E-state index contributed by atoms with van der Waals surface area (Å²) in [5.41, 5.74) is 0.570. The predicted octanol–water partition coefficient (Wildman–Crippen LogP) is 1.87. The van der Waals surface area contributed by atoms with Crippen molar-refractivity contribution in [1.82, 2.24) is 5.32 Å². The highest BCUT2D eigenvalue weighted by atomic mass is 19.1. The fraction of sp³-hybridized carbons (Fsp3) is 0.500. The van der Waals surface area contributed by atoms with E-state index in [4.69, 9.17) is 9.84 Å². The fourth-order valence-electron chi connectivity index (χ4n) is 1.56. The third kappa shape index (κ3) is 3.18. The topological polar surface area (TPSA) is 41.5 Å². The Balaban J connectivity index is 2.79. The molecule has 4 heteroatoms. The largest absolute Gasteiger partial charge is 0.497 e. The molecule has 1 aromatic carbocycles. The third-order valence-electron chi connectivity index (χ3n) is 2.48. The first-order valence-corrected chi connectivity index (χ1v) is 5.28. The van der Waals surface area contributed by atoms with Crippen LogP contribution in [0, 0.1) is 5.82 Å². The number of aliphatic hydroxyl groups is 1. The minimum atomic E-state index is -0.301. The zero-order valence-electron chi connectivity index (χ0n) is 9.83. The summed E-state index contributed by atoms with van der Waals surface area (Å²) in [5.74, 6) is 0.202. The van der Waals surface area contributed by atoms with E-state index in [1.54, 1.807) is 12.1 Å². The van der Waals surface area contributed by atoms with Crippen molar-refractivity contribution in [3.63, 3.8) is 0 Å². The second-order valence-corrected chi connectivity index (χ2v) is 3.86. The summed E-state index contributed by atoms with van der Waals surface area (Å²) in [5, 5.41) is 12.0. The molecule has 0 spiro atoms. The Hall–Kier alpha value is -1.13.